The van der Waals surface area contributed by atoms with Gasteiger partial charge in [-0.25, -0.2) is 23.3 Å². The van der Waals surface area contributed by atoms with Crippen molar-refractivity contribution < 1.29 is 17.9 Å². The van der Waals surface area contributed by atoms with Crippen LogP contribution < -0.4 is 9.64 Å². The molecule has 0 unspecified atom stereocenters. The van der Waals surface area contributed by atoms with Crippen molar-refractivity contribution in [2.45, 2.75) is 18.9 Å². The summed E-state index contributed by atoms with van der Waals surface area (Å²) in [6, 6.07) is 7.87. The maximum atomic E-state index is 13.6. The van der Waals surface area contributed by atoms with E-state index in [9.17, 15) is 8.78 Å². The number of alkyl halides is 2. The van der Waals surface area contributed by atoms with Crippen LogP contribution in [0.4, 0.5) is 14.8 Å². The number of hydrogen-bond acceptors (Lipinski definition) is 8. The van der Waals surface area contributed by atoms with E-state index in [0.29, 0.717) is 41.5 Å². The van der Waals surface area contributed by atoms with Crippen LogP contribution in [0.5, 0.6) is 5.88 Å². The smallest absolute Gasteiger partial charge is 0.319 e. The summed E-state index contributed by atoms with van der Waals surface area (Å²) in [6.07, 6.45) is 2.90. The molecule has 0 aromatic carbocycles. The number of hydrogen-bond donors (Lipinski definition) is 1. The van der Waals surface area contributed by atoms with Gasteiger partial charge in [-0.2, -0.15) is 5.10 Å². The van der Waals surface area contributed by atoms with Crippen molar-refractivity contribution in [2.24, 2.45) is 0 Å². The normalized spacial score (nSPS) is 15.8. The van der Waals surface area contributed by atoms with Crippen LogP contribution in [0, 0.1) is 0 Å². The molecule has 1 aliphatic heterocycles. The fraction of sp³-hybridized carbons (Fsp3) is 0.227. The van der Waals surface area contributed by atoms with Gasteiger partial charge in [-0.15, -0.1) is 5.10 Å². The summed E-state index contributed by atoms with van der Waals surface area (Å²) in [5.74, 6) is 0.771. The molecule has 1 N–H and O–H groups in total. The lowest BCUT2D eigenvalue weighted by molar-refractivity contribution is 0.152. The third-order valence-electron chi connectivity index (χ3n) is 5.85. The predicted molar refractivity (Wildman–Crippen MR) is 116 cm³/mol. The highest BCUT2D eigenvalue weighted by atomic mass is 19.3. The summed E-state index contributed by atoms with van der Waals surface area (Å²) in [5, 5.41) is 13.0. The maximum Gasteiger partial charge on any atom is 0.319 e. The Bertz CT molecular complexity index is 1460. The molecular weight excluding hydrogens is 446 g/mol. The van der Waals surface area contributed by atoms with Crippen molar-refractivity contribution in [3.63, 3.8) is 0 Å². The molecule has 5 aromatic heterocycles. The quantitative estimate of drug-likeness (QED) is 0.420. The number of pyridine rings is 2. The average Bonchev–Trinajstić information content (AvgIpc) is 3.62. The van der Waals surface area contributed by atoms with E-state index >= 15 is 0 Å². The molecule has 6 heterocycles. The van der Waals surface area contributed by atoms with Crippen molar-refractivity contribution in [2.75, 3.05) is 18.6 Å². The first-order chi connectivity index (χ1) is 16.6. The van der Waals surface area contributed by atoms with Gasteiger partial charge in [-0.3, -0.25) is 0 Å². The molecule has 1 aliphatic rings. The van der Waals surface area contributed by atoms with Crippen molar-refractivity contribution in [3.05, 3.63) is 71.7 Å². The molecule has 0 spiro atoms. The fourth-order valence-electron chi connectivity index (χ4n) is 4.23. The Morgan fingerprint density at radius 1 is 1.21 bits per heavy atom. The van der Waals surface area contributed by atoms with Crippen LogP contribution in [0.15, 0.2) is 53.5 Å². The summed E-state index contributed by atoms with van der Waals surface area (Å²) in [5.41, 5.74) is 3.13. The lowest BCUT2D eigenvalue weighted by atomic mass is 10.00. The molecule has 6 rings (SSSR count). The first-order valence-electron chi connectivity index (χ1n) is 10.5. The Kier molecular flexibility index (Phi) is 4.71. The van der Waals surface area contributed by atoms with Crippen LogP contribution >= 0.6 is 0 Å². The minimum atomic E-state index is -2.62. The van der Waals surface area contributed by atoms with Crippen LogP contribution in [-0.2, 0) is 6.42 Å². The first kappa shape index (κ1) is 20.3. The van der Waals surface area contributed by atoms with E-state index < -0.39 is 12.5 Å². The van der Waals surface area contributed by atoms with Crippen molar-refractivity contribution >= 4 is 11.5 Å². The zero-order valence-corrected chi connectivity index (χ0v) is 17.9. The van der Waals surface area contributed by atoms with E-state index in [1.807, 2.05) is 4.90 Å². The first-order valence-corrected chi connectivity index (χ1v) is 10.5. The van der Waals surface area contributed by atoms with Gasteiger partial charge in [0.15, 0.2) is 0 Å². The van der Waals surface area contributed by atoms with E-state index in [2.05, 4.69) is 30.2 Å². The number of aromatic amines is 1. The van der Waals surface area contributed by atoms with Crippen molar-refractivity contribution in [1.82, 2.24) is 34.8 Å². The second-order valence-electron chi connectivity index (χ2n) is 7.75. The molecule has 0 saturated heterocycles. The molecule has 0 saturated carbocycles. The van der Waals surface area contributed by atoms with Crippen LogP contribution in [0.2, 0.25) is 0 Å². The van der Waals surface area contributed by atoms with Crippen LogP contribution in [0.25, 0.3) is 17.0 Å². The van der Waals surface area contributed by atoms with Crippen LogP contribution in [-0.4, -0.2) is 48.4 Å². The molecule has 0 amide bonds. The summed E-state index contributed by atoms with van der Waals surface area (Å²) in [6.45, 7) is 0.540. The topological polar surface area (TPSA) is 110 Å². The highest BCUT2D eigenvalue weighted by molar-refractivity contribution is 5.58. The van der Waals surface area contributed by atoms with Gasteiger partial charge in [0.2, 0.25) is 5.88 Å². The van der Waals surface area contributed by atoms with Crippen molar-refractivity contribution in [1.29, 1.82) is 0 Å². The second kappa shape index (κ2) is 7.90. The molecule has 34 heavy (non-hydrogen) atoms. The Balaban J connectivity index is 1.42. The van der Waals surface area contributed by atoms with Crippen LogP contribution in [0.1, 0.15) is 35.1 Å². The number of H-pyrrole nitrogens is 1. The number of ether oxygens (including phenoxy) is 1. The Morgan fingerprint density at radius 3 is 2.91 bits per heavy atom. The number of imidazole rings is 1. The monoisotopic (exact) mass is 464 g/mol. The summed E-state index contributed by atoms with van der Waals surface area (Å²) >= 11 is 0. The van der Waals surface area contributed by atoms with E-state index in [1.54, 1.807) is 43.0 Å². The van der Waals surface area contributed by atoms with E-state index in [1.165, 1.54) is 17.7 Å². The minimum absolute atomic E-state index is 0.0852. The van der Waals surface area contributed by atoms with Gasteiger partial charge in [0, 0.05) is 42.7 Å². The Labute approximate surface area is 191 Å². The molecule has 10 nitrogen and oxygen atoms in total. The molecule has 5 aromatic rings. The lowest BCUT2D eigenvalue weighted by Crippen LogP contribution is -2.36. The standard InChI is InChI=1S/C22H18F2N8O2/c1-33-17-5-4-12(10-25-17)21-28-29-22(34-21)31-8-6-14-18(27-11-26-14)19(31)15-9-16-13(20(23)24)3-2-7-32(16)30-15/h2-5,7,9-11,19-20H,6,8H2,1H3,(H,26,27)/t19-/m0/s1. The number of nitrogens with zero attached hydrogens (tertiary/aromatic N) is 7. The largest absolute Gasteiger partial charge is 0.481 e. The average molecular weight is 464 g/mol. The van der Waals surface area contributed by atoms with Gasteiger partial charge >= 0.3 is 6.01 Å². The van der Waals surface area contributed by atoms with Gasteiger partial charge in [-0.1, -0.05) is 5.10 Å². The van der Waals surface area contributed by atoms with Gasteiger partial charge in [0.1, 0.15) is 6.04 Å². The summed E-state index contributed by atoms with van der Waals surface area (Å²) in [4.78, 5) is 13.7. The minimum Gasteiger partial charge on any atom is -0.481 e. The van der Waals surface area contributed by atoms with E-state index in [4.69, 9.17) is 9.15 Å². The molecule has 172 valence electrons. The number of rotatable bonds is 5. The van der Waals surface area contributed by atoms with E-state index in [0.717, 1.165) is 11.4 Å². The van der Waals surface area contributed by atoms with Gasteiger partial charge in [0.25, 0.3) is 12.3 Å². The summed E-state index contributed by atoms with van der Waals surface area (Å²) in [7, 11) is 1.54. The van der Waals surface area contributed by atoms with Gasteiger partial charge < -0.3 is 19.0 Å². The number of aromatic nitrogens is 7. The third kappa shape index (κ3) is 3.26. The molecule has 0 fully saturated rings. The molecule has 0 bridgehead atoms. The van der Waals surface area contributed by atoms with Gasteiger partial charge in [-0.05, 0) is 24.3 Å². The Hall–Kier alpha value is -4.35. The SMILES string of the molecule is COc1ccc(-c2nnc(N3CCc4[nH]cnc4[C@@H]3c3cc4c(C(F)F)cccn4n3)o2)cn1. The molecule has 0 aliphatic carbocycles. The van der Waals surface area contributed by atoms with Gasteiger partial charge in [0.05, 0.1) is 35.9 Å². The maximum absolute atomic E-state index is 13.6. The predicted octanol–water partition coefficient (Wildman–Crippen LogP) is 3.60. The Morgan fingerprint density at radius 2 is 2.12 bits per heavy atom. The van der Waals surface area contributed by atoms with E-state index in [-0.39, 0.29) is 11.6 Å². The zero-order chi connectivity index (χ0) is 23.2. The van der Waals surface area contributed by atoms with Crippen LogP contribution in [0.3, 0.4) is 0 Å². The lowest BCUT2D eigenvalue weighted by Gasteiger charge is -2.32. The number of halogens is 2. The molecule has 0 radical (unpaired) electrons. The highest BCUT2D eigenvalue weighted by Gasteiger charge is 2.36. The second-order valence-corrected chi connectivity index (χ2v) is 7.75. The molecular formula is C22H18F2N8O2. The highest BCUT2D eigenvalue weighted by Crippen LogP contribution is 2.37. The number of nitrogens with one attached hydrogen (secondary N) is 1. The molecule has 1 atom stereocenters. The molecule has 12 heteroatoms. The number of methoxy groups -OCH3 is 1. The van der Waals surface area contributed by atoms with Crippen molar-refractivity contribution in [3.8, 4) is 17.3 Å². The number of anilines is 1. The zero-order valence-electron chi connectivity index (χ0n) is 17.9. The third-order valence-corrected chi connectivity index (χ3v) is 5.85. The number of fused-ring (bicyclic) bond motifs is 2. The summed E-state index contributed by atoms with van der Waals surface area (Å²) < 4.78 is 39.7. The fourth-order valence-corrected chi connectivity index (χ4v) is 4.23.